The molecule has 1 aromatic carbocycles. The molecule has 25 heavy (non-hydrogen) atoms. The summed E-state index contributed by atoms with van der Waals surface area (Å²) in [5.41, 5.74) is 0.499. The minimum Gasteiger partial charge on any atom is -0.463 e. The van der Waals surface area contributed by atoms with Crippen LogP contribution in [0.3, 0.4) is 0 Å². The first-order chi connectivity index (χ1) is 12.1. The molecule has 0 N–H and O–H groups in total. The number of amides is 1. The first kappa shape index (κ1) is 19.4. The smallest absolute Gasteiger partial charge is 0.339 e. The van der Waals surface area contributed by atoms with Gasteiger partial charge >= 0.3 is 11.9 Å². The number of nitrogens with zero attached hydrogens (tertiary/aromatic N) is 1. The van der Waals surface area contributed by atoms with Crippen molar-refractivity contribution in [3.63, 3.8) is 0 Å². The summed E-state index contributed by atoms with van der Waals surface area (Å²) in [6, 6.07) is 7.19. The average Bonchev–Trinajstić information content (AvgIpc) is 2.95. The van der Waals surface area contributed by atoms with Gasteiger partial charge in [0.05, 0.1) is 35.6 Å². The SMILES string of the molecule is CCOC(=O)/C=C1\SCC(=O)N1CCOC(=O)c1ccccc1SC. The molecule has 0 atom stereocenters. The van der Waals surface area contributed by atoms with E-state index in [1.165, 1.54) is 34.5 Å². The number of carbonyl (C=O) groups is 3. The van der Waals surface area contributed by atoms with Crippen LogP contribution in [0, 0.1) is 0 Å². The monoisotopic (exact) mass is 381 g/mol. The van der Waals surface area contributed by atoms with Crippen LogP contribution < -0.4 is 0 Å². The van der Waals surface area contributed by atoms with E-state index in [1.807, 2.05) is 18.4 Å². The number of benzene rings is 1. The van der Waals surface area contributed by atoms with E-state index in [1.54, 1.807) is 19.1 Å². The maximum atomic E-state index is 12.2. The quantitative estimate of drug-likeness (QED) is 0.408. The number of carbonyl (C=O) groups excluding carboxylic acids is 3. The predicted molar refractivity (Wildman–Crippen MR) is 97.4 cm³/mol. The van der Waals surface area contributed by atoms with E-state index in [-0.39, 0.29) is 31.4 Å². The third-order valence-corrected chi connectivity index (χ3v) is 5.13. The fourth-order valence-electron chi connectivity index (χ4n) is 2.17. The van der Waals surface area contributed by atoms with Crippen molar-refractivity contribution in [3.05, 3.63) is 40.9 Å². The Balaban J connectivity index is 1.94. The first-order valence-corrected chi connectivity index (χ1v) is 9.89. The highest BCUT2D eigenvalue weighted by Gasteiger charge is 2.27. The van der Waals surface area contributed by atoms with Crippen molar-refractivity contribution < 1.29 is 23.9 Å². The van der Waals surface area contributed by atoms with Crippen LogP contribution in [0.15, 0.2) is 40.3 Å². The Hall–Kier alpha value is -1.93. The molecule has 0 aliphatic carbocycles. The van der Waals surface area contributed by atoms with Crippen LogP contribution in [0.1, 0.15) is 17.3 Å². The zero-order chi connectivity index (χ0) is 18.2. The molecule has 1 heterocycles. The lowest BCUT2D eigenvalue weighted by Crippen LogP contribution is -2.29. The van der Waals surface area contributed by atoms with Crippen molar-refractivity contribution in [2.45, 2.75) is 11.8 Å². The Labute approximate surface area is 154 Å². The third-order valence-electron chi connectivity index (χ3n) is 3.31. The van der Waals surface area contributed by atoms with Gasteiger partial charge < -0.3 is 14.4 Å². The molecule has 1 aromatic rings. The topological polar surface area (TPSA) is 72.9 Å². The predicted octanol–water partition coefficient (Wildman–Crippen LogP) is 2.55. The first-order valence-electron chi connectivity index (χ1n) is 7.68. The maximum absolute atomic E-state index is 12.2. The van der Waals surface area contributed by atoms with Gasteiger partial charge in [-0.2, -0.15) is 0 Å². The van der Waals surface area contributed by atoms with Crippen molar-refractivity contribution in [2.24, 2.45) is 0 Å². The summed E-state index contributed by atoms with van der Waals surface area (Å²) in [5, 5.41) is 0.518. The Bertz CT molecular complexity index is 689. The van der Waals surface area contributed by atoms with E-state index in [0.29, 0.717) is 10.6 Å². The van der Waals surface area contributed by atoms with Crippen molar-refractivity contribution >= 4 is 41.4 Å². The van der Waals surface area contributed by atoms with Gasteiger partial charge in [0.25, 0.3) is 0 Å². The molecule has 1 amide bonds. The van der Waals surface area contributed by atoms with E-state index >= 15 is 0 Å². The van der Waals surface area contributed by atoms with Gasteiger partial charge in [-0.3, -0.25) is 4.79 Å². The number of thioether (sulfide) groups is 2. The number of hydrogen-bond acceptors (Lipinski definition) is 7. The molecule has 0 saturated carbocycles. The molecule has 0 spiro atoms. The fourth-order valence-corrected chi connectivity index (χ4v) is 3.72. The van der Waals surface area contributed by atoms with Gasteiger partial charge in [0.1, 0.15) is 6.61 Å². The van der Waals surface area contributed by atoms with E-state index in [2.05, 4.69) is 0 Å². The number of ether oxygens (including phenoxy) is 2. The van der Waals surface area contributed by atoms with E-state index in [9.17, 15) is 14.4 Å². The highest BCUT2D eigenvalue weighted by molar-refractivity contribution is 8.04. The summed E-state index contributed by atoms with van der Waals surface area (Å²) in [5.74, 6) is -0.786. The summed E-state index contributed by atoms with van der Waals surface area (Å²) < 4.78 is 10.1. The highest BCUT2D eigenvalue weighted by Crippen LogP contribution is 2.28. The van der Waals surface area contributed by atoms with Crippen LogP contribution in [0.4, 0.5) is 0 Å². The van der Waals surface area contributed by atoms with Crippen molar-refractivity contribution in [3.8, 4) is 0 Å². The van der Waals surface area contributed by atoms with Crippen LogP contribution in [0.5, 0.6) is 0 Å². The maximum Gasteiger partial charge on any atom is 0.339 e. The summed E-state index contributed by atoms with van der Waals surface area (Å²) in [6.45, 7) is 2.24. The highest BCUT2D eigenvalue weighted by atomic mass is 32.2. The summed E-state index contributed by atoms with van der Waals surface area (Å²) >= 11 is 2.73. The van der Waals surface area contributed by atoms with Crippen LogP contribution in [-0.4, -0.2) is 54.5 Å². The summed E-state index contributed by atoms with van der Waals surface area (Å²) in [7, 11) is 0. The average molecular weight is 381 g/mol. The molecular formula is C17H19NO5S2. The molecule has 1 fully saturated rings. The van der Waals surface area contributed by atoms with Crippen molar-refractivity contribution in [1.82, 2.24) is 4.90 Å². The lowest BCUT2D eigenvalue weighted by molar-refractivity contribution is -0.137. The van der Waals surface area contributed by atoms with Crippen LogP contribution in [-0.2, 0) is 19.1 Å². The van der Waals surface area contributed by atoms with Gasteiger partial charge in [0.2, 0.25) is 5.91 Å². The molecule has 0 aromatic heterocycles. The lowest BCUT2D eigenvalue weighted by atomic mass is 10.2. The minimum absolute atomic E-state index is 0.0496. The lowest BCUT2D eigenvalue weighted by Gasteiger charge is -2.17. The largest absolute Gasteiger partial charge is 0.463 e. The molecule has 6 nitrogen and oxygen atoms in total. The van der Waals surface area contributed by atoms with Crippen molar-refractivity contribution in [1.29, 1.82) is 0 Å². The molecule has 0 radical (unpaired) electrons. The summed E-state index contributed by atoms with van der Waals surface area (Å²) in [4.78, 5) is 38.0. The Morgan fingerprint density at radius 3 is 2.80 bits per heavy atom. The standard InChI is InChI=1S/C17H19NO5S2/c1-3-22-16(20)10-15-18(14(19)11-25-15)8-9-23-17(21)12-6-4-5-7-13(12)24-2/h4-7,10H,3,8-9,11H2,1-2H3/b15-10-. The number of hydrogen-bond donors (Lipinski definition) is 0. The molecule has 0 bridgehead atoms. The fraction of sp³-hybridized carbons (Fsp3) is 0.353. The molecule has 1 aliphatic heterocycles. The minimum atomic E-state index is -0.490. The molecule has 134 valence electrons. The van der Waals surface area contributed by atoms with Gasteiger partial charge in [-0.1, -0.05) is 23.9 Å². The van der Waals surface area contributed by atoms with Crippen LogP contribution >= 0.6 is 23.5 Å². The third kappa shape index (κ3) is 5.27. The molecule has 0 unspecified atom stereocenters. The van der Waals surface area contributed by atoms with Crippen molar-refractivity contribution in [2.75, 3.05) is 31.8 Å². The molecular weight excluding hydrogens is 362 g/mol. The second-order valence-corrected chi connectivity index (χ2v) is 6.75. The second-order valence-electron chi connectivity index (χ2n) is 4.90. The molecule has 1 saturated heterocycles. The van der Waals surface area contributed by atoms with E-state index < -0.39 is 11.9 Å². The van der Waals surface area contributed by atoms with Gasteiger partial charge in [0.15, 0.2) is 0 Å². The Morgan fingerprint density at radius 1 is 1.32 bits per heavy atom. The van der Waals surface area contributed by atoms with Crippen LogP contribution in [0.25, 0.3) is 0 Å². The van der Waals surface area contributed by atoms with Gasteiger partial charge in [-0.25, -0.2) is 9.59 Å². The van der Waals surface area contributed by atoms with E-state index in [4.69, 9.17) is 9.47 Å². The molecule has 1 aliphatic rings. The van der Waals surface area contributed by atoms with Gasteiger partial charge in [-0.05, 0) is 25.3 Å². The molecule has 8 heteroatoms. The number of esters is 2. The molecule has 2 rings (SSSR count). The Kier molecular flexibility index (Phi) is 7.39. The number of rotatable bonds is 7. The normalized spacial score (nSPS) is 15.5. The summed E-state index contributed by atoms with van der Waals surface area (Å²) in [6.07, 6.45) is 3.18. The van der Waals surface area contributed by atoms with Gasteiger partial charge in [-0.15, -0.1) is 11.8 Å². The second kappa shape index (κ2) is 9.53. The zero-order valence-corrected chi connectivity index (χ0v) is 15.7. The van der Waals surface area contributed by atoms with Gasteiger partial charge in [0, 0.05) is 4.90 Å². The van der Waals surface area contributed by atoms with Crippen LogP contribution in [0.2, 0.25) is 0 Å². The van der Waals surface area contributed by atoms with E-state index in [0.717, 1.165) is 4.90 Å². The Morgan fingerprint density at radius 2 is 2.08 bits per heavy atom. The zero-order valence-electron chi connectivity index (χ0n) is 14.0.